The number of esters is 1. The number of nitro groups is 1. The van der Waals surface area contributed by atoms with Crippen molar-refractivity contribution in [3.05, 3.63) is 87.4 Å². The van der Waals surface area contributed by atoms with Crippen LogP contribution in [0.3, 0.4) is 0 Å². The van der Waals surface area contributed by atoms with Crippen LogP contribution in [0.2, 0.25) is 0 Å². The van der Waals surface area contributed by atoms with Crippen molar-refractivity contribution >= 4 is 22.6 Å². The molecule has 1 aliphatic rings. The maximum atomic E-state index is 12.7. The fourth-order valence-electron chi connectivity index (χ4n) is 3.52. The van der Waals surface area contributed by atoms with Gasteiger partial charge in [0.25, 0.3) is 5.69 Å². The largest absolute Gasteiger partial charge is 0.462 e. The Hall–Kier alpha value is -3.94. The van der Waals surface area contributed by atoms with Gasteiger partial charge in [-0.2, -0.15) is 0 Å². The molecule has 8 nitrogen and oxygen atoms in total. The Balaban J connectivity index is 1.98. The molecule has 4 rings (SSSR count). The van der Waals surface area contributed by atoms with Crippen LogP contribution in [-0.2, 0) is 9.53 Å². The first kappa shape index (κ1) is 18.4. The fraction of sp³-hybridized carbons (Fsp3) is 0.143. The molecule has 0 bridgehead atoms. The number of non-ortho nitro benzene ring substituents is 1. The fourth-order valence-corrected chi connectivity index (χ4v) is 3.52. The average Bonchev–Trinajstić information content (AvgIpc) is 2.73. The first-order chi connectivity index (χ1) is 14.0. The van der Waals surface area contributed by atoms with Crippen molar-refractivity contribution in [3.8, 4) is 5.75 Å². The number of pyridine rings is 1. The van der Waals surface area contributed by atoms with E-state index in [9.17, 15) is 14.9 Å². The van der Waals surface area contributed by atoms with Gasteiger partial charge >= 0.3 is 5.97 Å². The molecule has 0 fully saturated rings. The van der Waals surface area contributed by atoms with E-state index in [4.69, 9.17) is 15.2 Å². The molecule has 1 aliphatic heterocycles. The van der Waals surface area contributed by atoms with Crippen LogP contribution in [-0.4, -0.2) is 22.5 Å². The number of nitro benzene ring substituents is 1. The predicted octanol–water partition coefficient (Wildman–Crippen LogP) is 3.40. The monoisotopic (exact) mass is 391 g/mol. The average molecular weight is 391 g/mol. The number of hydrogen-bond donors (Lipinski definition) is 1. The molecule has 0 saturated carbocycles. The number of aromatic nitrogens is 1. The molecular weight excluding hydrogens is 374 g/mol. The molecule has 0 saturated heterocycles. The standard InChI is InChI=1S/C21H17N3O5/c1-2-28-21(25)17-16(13-5-3-7-14(11-13)24(26)27)15-9-8-12-6-4-10-23-18(12)19(15)29-20(17)22/h3-11,16H,2,22H2,1H3. The van der Waals surface area contributed by atoms with Crippen molar-refractivity contribution in [1.82, 2.24) is 4.98 Å². The van der Waals surface area contributed by atoms with Gasteiger partial charge in [-0.1, -0.05) is 30.3 Å². The second kappa shape index (κ2) is 7.23. The number of benzene rings is 2. The van der Waals surface area contributed by atoms with Gasteiger partial charge < -0.3 is 15.2 Å². The summed E-state index contributed by atoms with van der Waals surface area (Å²) in [6, 6.07) is 13.5. The number of rotatable bonds is 4. The molecule has 2 heterocycles. The third-order valence-electron chi connectivity index (χ3n) is 4.75. The number of carbonyl (C=O) groups excluding carboxylic acids is 1. The Morgan fingerprint density at radius 1 is 1.28 bits per heavy atom. The molecule has 0 amide bonds. The molecule has 2 aromatic carbocycles. The van der Waals surface area contributed by atoms with Crippen LogP contribution in [0.5, 0.6) is 5.75 Å². The van der Waals surface area contributed by atoms with Gasteiger partial charge in [-0.15, -0.1) is 0 Å². The highest BCUT2D eigenvalue weighted by molar-refractivity contribution is 5.95. The maximum Gasteiger partial charge on any atom is 0.340 e. The quantitative estimate of drug-likeness (QED) is 0.411. The lowest BCUT2D eigenvalue weighted by atomic mass is 9.82. The smallest absolute Gasteiger partial charge is 0.340 e. The van der Waals surface area contributed by atoms with Crippen LogP contribution >= 0.6 is 0 Å². The number of nitrogens with zero attached hydrogens (tertiary/aromatic N) is 2. The van der Waals surface area contributed by atoms with Crippen molar-refractivity contribution in [2.24, 2.45) is 5.73 Å². The van der Waals surface area contributed by atoms with E-state index >= 15 is 0 Å². The zero-order valence-corrected chi connectivity index (χ0v) is 15.5. The summed E-state index contributed by atoms with van der Waals surface area (Å²) >= 11 is 0. The molecule has 146 valence electrons. The van der Waals surface area contributed by atoms with Gasteiger partial charge in [0.15, 0.2) is 5.75 Å². The molecule has 29 heavy (non-hydrogen) atoms. The lowest BCUT2D eigenvalue weighted by molar-refractivity contribution is -0.384. The number of fused-ring (bicyclic) bond motifs is 3. The third-order valence-corrected chi connectivity index (χ3v) is 4.75. The SMILES string of the molecule is CCOC(=O)C1=C(N)Oc2c(ccc3cccnc23)C1c1cccc([N+](=O)[O-])c1. The normalized spacial score (nSPS) is 15.6. The topological polar surface area (TPSA) is 118 Å². The highest BCUT2D eigenvalue weighted by atomic mass is 16.6. The summed E-state index contributed by atoms with van der Waals surface area (Å²) in [5, 5.41) is 12.1. The molecule has 0 spiro atoms. The van der Waals surface area contributed by atoms with Crippen molar-refractivity contribution in [2.45, 2.75) is 12.8 Å². The van der Waals surface area contributed by atoms with Crippen molar-refractivity contribution < 1.29 is 19.2 Å². The molecule has 1 unspecified atom stereocenters. The zero-order valence-electron chi connectivity index (χ0n) is 15.5. The van der Waals surface area contributed by atoms with Gasteiger partial charge in [0.1, 0.15) is 11.1 Å². The van der Waals surface area contributed by atoms with E-state index in [-0.39, 0.29) is 23.8 Å². The second-order valence-corrected chi connectivity index (χ2v) is 6.44. The molecule has 0 radical (unpaired) electrons. The van der Waals surface area contributed by atoms with Crippen molar-refractivity contribution in [2.75, 3.05) is 6.61 Å². The number of carbonyl (C=O) groups is 1. The minimum absolute atomic E-state index is 0.0868. The van der Waals surface area contributed by atoms with Gasteiger partial charge in [0, 0.05) is 29.3 Å². The van der Waals surface area contributed by atoms with Crippen LogP contribution in [0.25, 0.3) is 10.9 Å². The molecule has 2 N–H and O–H groups in total. The molecule has 8 heteroatoms. The van der Waals surface area contributed by atoms with Crippen LogP contribution in [0.4, 0.5) is 5.69 Å². The summed E-state index contributed by atoms with van der Waals surface area (Å²) in [7, 11) is 0. The van der Waals surface area contributed by atoms with E-state index in [1.807, 2.05) is 18.2 Å². The van der Waals surface area contributed by atoms with E-state index in [1.54, 1.807) is 31.3 Å². The summed E-state index contributed by atoms with van der Waals surface area (Å²) in [5.41, 5.74) is 7.91. The summed E-state index contributed by atoms with van der Waals surface area (Å²) < 4.78 is 11.0. The number of ether oxygens (including phenoxy) is 2. The highest BCUT2D eigenvalue weighted by Crippen LogP contribution is 2.45. The zero-order chi connectivity index (χ0) is 20.5. The van der Waals surface area contributed by atoms with Crippen molar-refractivity contribution in [3.63, 3.8) is 0 Å². The first-order valence-corrected chi connectivity index (χ1v) is 8.97. The van der Waals surface area contributed by atoms with Crippen LogP contribution in [0.1, 0.15) is 24.0 Å². The second-order valence-electron chi connectivity index (χ2n) is 6.44. The summed E-state index contributed by atoms with van der Waals surface area (Å²) in [5.74, 6) is -1.01. The molecule has 1 aromatic heterocycles. The van der Waals surface area contributed by atoms with Crippen LogP contribution in [0.15, 0.2) is 66.2 Å². The lowest BCUT2D eigenvalue weighted by Crippen LogP contribution is -2.27. The minimum atomic E-state index is -0.691. The van der Waals surface area contributed by atoms with Gasteiger partial charge in [-0.25, -0.2) is 4.79 Å². The first-order valence-electron chi connectivity index (χ1n) is 8.97. The van der Waals surface area contributed by atoms with Gasteiger partial charge in [-0.3, -0.25) is 15.1 Å². The van der Waals surface area contributed by atoms with E-state index in [0.717, 1.165) is 5.39 Å². The molecule has 3 aromatic rings. The van der Waals surface area contributed by atoms with Crippen molar-refractivity contribution in [1.29, 1.82) is 0 Å². The minimum Gasteiger partial charge on any atom is -0.462 e. The summed E-state index contributed by atoms with van der Waals surface area (Å²) in [4.78, 5) is 27.9. The Morgan fingerprint density at radius 3 is 2.86 bits per heavy atom. The Morgan fingerprint density at radius 2 is 2.10 bits per heavy atom. The Kier molecular flexibility index (Phi) is 4.59. The lowest BCUT2D eigenvalue weighted by Gasteiger charge is -2.28. The van der Waals surface area contributed by atoms with E-state index in [2.05, 4.69) is 4.98 Å². The number of nitrogens with two attached hydrogens (primary N) is 1. The maximum absolute atomic E-state index is 12.7. The summed E-state index contributed by atoms with van der Waals surface area (Å²) in [6.07, 6.45) is 1.63. The van der Waals surface area contributed by atoms with Gasteiger partial charge in [-0.05, 0) is 18.6 Å². The summed E-state index contributed by atoms with van der Waals surface area (Å²) in [6.45, 7) is 1.84. The van der Waals surface area contributed by atoms with Gasteiger partial charge in [0.2, 0.25) is 5.88 Å². The van der Waals surface area contributed by atoms with Crippen LogP contribution in [0, 0.1) is 10.1 Å². The Bertz CT molecular complexity index is 1170. The van der Waals surface area contributed by atoms with E-state index < -0.39 is 16.8 Å². The molecular formula is C21H17N3O5. The third kappa shape index (κ3) is 3.14. The van der Waals surface area contributed by atoms with Gasteiger partial charge in [0.05, 0.1) is 17.4 Å². The Labute approximate surface area is 165 Å². The molecule has 1 atom stereocenters. The van der Waals surface area contributed by atoms with E-state index in [1.165, 1.54) is 12.1 Å². The van der Waals surface area contributed by atoms with Crippen LogP contribution < -0.4 is 10.5 Å². The molecule has 0 aliphatic carbocycles. The number of hydrogen-bond acceptors (Lipinski definition) is 7. The van der Waals surface area contributed by atoms with E-state index in [0.29, 0.717) is 22.4 Å². The predicted molar refractivity (Wildman–Crippen MR) is 105 cm³/mol. The highest BCUT2D eigenvalue weighted by Gasteiger charge is 2.37.